The van der Waals surface area contributed by atoms with Crippen LogP contribution in [0.15, 0.2) is 0 Å². The van der Waals surface area contributed by atoms with Gasteiger partial charge in [-0.15, -0.1) is 0 Å². The lowest BCUT2D eigenvalue weighted by atomic mass is 9.90. The number of likely N-dealkylation sites (N-methyl/N-ethyl adjacent to an activating group) is 1. The van der Waals surface area contributed by atoms with Crippen molar-refractivity contribution in [2.45, 2.75) is 53.4 Å². The van der Waals surface area contributed by atoms with Crippen LogP contribution in [-0.4, -0.2) is 84.8 Å². The fourth-order valence-corrected chi connectivity index (χ4v) is 4.15. The summed E-state index contributed by atoms with van der Waals surface area (Å²) in [7, 11) is 1.65. The van der Waals surface area contributed by atoms with E-state index in [1.807, 2.05) is 25.7 Å². The normalized spacial score (nSPS) is 20.6. The number of ether oxygens (including phenoxy) is 1. The molecule has 0 aliphatic carbocycles. The summed E-state index contributed by atoms with van der Waals surface area (Å²) in [4.78, 5) is 54.9. The van der Waals surface area contributed by atoms with Gasteiger partial charge in [0.2, 0.25) is 17.7 Å². The zero-order chi connectivity index (χ0) is 22.5. The molecule has 1 unspecified atom stereocenters. The number of esters is 1. The van der Waals surface area contributed by atoms with Crippen LogP contribution in [0, 0.1) is 17.3 Å². The van der Waals surface area contributed by atoms with Crippen LogP contribution in [0.2, 0.25) is 0 Å². The highest BCUT2D eigenvalue weighted by molar-refractivity contribution is 5.87. The first-order valence-corrected chi connectivity index (χ1v) is 11.0. The molecule has 0 saturated carbocycles. The molecule has 0 spiro atoms. The molecule has 170 valence electrons. The molecule has 1 atom stereocenters. The van der Waals surface area contributed by atoms with Gasteiger partial charge in [-0.25, -0.2) is 0 Å². The summed E-state index contributed by atoms with van der Waals surface area (Å²) in [6.07, 6.45) is 2.72. The van der Waals surface area contributed by atoms with E-state index in [1.54, 1.807) is 18.9 Å². The van der Waals surface area contributed by atoms with Crippen LogP contribution in [-0.2, 0) is 23.9 Å². The molecule has 2 fully saturated rings. The van der Waals surface area contributed by atoms with Crippen molar-refractivity contribution in [2.75, 3.05) is 46.4 Å². The molecule has 8 nitrogen and oxygen atoms in total. The van der Waals surface area contributed by atoms with Crippen molar-refractivity contribution in [1.82, 2.24) is 14.7 Å². The topological polar surface area (TPSA) is 87.2 Å². The van der Waals surface area contributed by atoms with Crippen molar-refractivity contribution in [1.29, 1.82) is 0 Å². The highest BCUT2D eigenvalue weighted by Gasteiger charge is 2.34. The van der Waals surface area contributed by atoms with Crippen LogP contribution in [0.5, 0.6) is 0 Å². The molecule has 2 heterocycles. The summed E-state index contributed by atoms with van der Waals surface area (Å²) >= 11 is 0. The van der Waals surface area contributed by atoms with Gasteiger partial charge >= 0.3 is 5.97 Å². The smallest absolute Gasteiger partial charge is 0.310 e. The second kappa shape index (κ2) is 10.3. The van der Waals surface area contributed by atoms with Crippen molar-refractivity contribution in [3.05, 3.63) is 0 Å². The van der Waals surface area contributed by atoms with Crippen LogP contribution >= 0.6 is 0 Å². The Morgan fingerprint density at radius 2 is 1.60 bits per heavy atom. The maximum Gasteiger partial charge on any atom is 0.310 e. The molecule has 30 heavy (non-hydrogen) atoms. The third-order valence-corrected chi connectivity index (χ3v) is 5.92. The molecule has 2 aliphatic rings. The van der Waals surface area contributed by atoms with Crippen molar-refractivity contribution < 1.29 is 23.9 Å². The van der Waals surface area contributed by atoms with Gasteiger partial charge in [0.1, 0.15) is 0 Å². The van der Waals surface area contributed by atoms with Crippen molar-refractivity contribution in [3.63, 3.8) is 0 Å². The van der Waals surface area contributed by atoms with Gasteiger partial charge in [-0.05, 0) is 32.6 Å². The van der Waals surface area contributed by atoms with E-state index in [2.05, 4.69) is 0 Å². The minimum absolute atomic E-state index is 0.00944. The third kappa shape index (κ3) is 6.19. The molecule has 2 rings (SSSR count). The molecule has 0 aromatic carbocycles. The number of hydrogen-bond donors (Lipinski definition) is 0. The summed E-state index contributed by atoms with van der Waals surface area (Å²) in [5.74, 6) is -0.784. The monoisotopic (exact) mass is 423 g/mol. The second-order valence-corrected chi connectivity index (χ2v) is 9.44. The Kier molecular flexibility index (Phi) is 8.26. The van der Waals surface area contributed by atoms with Crippen LogP contribution in [0.25, 0.3) is 0 Å². The first-order chi connectivity index (χ1) is 14.0. The van der Waals surface area contributed by atoms with E-state index >= 15 is 0 Å². The van der Waals surface area contributed by atoms with Gasteiger partial charge < -0.3 is 19.4 Å². The summed E-state index contributed by atoms with van der Waals surface area (Å²) in [6.45, 7) is 9.92. The fourth-order valence-electron chi connectivity index (χ4n) is 4.15. The van der Waals surface area contributed by atoms with Gasteiger partial charge in [-0.3, -0.25) is 19.2 Å². The quantitative estimate of drug-likeness (QED) is 0.626. The van der Waals surface area contributed by atoms with E-state index in [9.17, 15) is 19.2 Å². The Bertz CT molecular complexity index is 650. The number of piperidine rings is 2. The average Bonchev–Trinajstić information content (AvgIpc) is 2.72. The zero-order valence-corrected chi connectivity index (χ0v) is 19.1. The molecule has 8 heteroatoms. The molecule has 0 N–H and O–H groups in total. The van der Waals surface area contributed by atoms with E-state index in [1.165, 1.54) is 4.90 Å². The number of hydrogen-bond acceptors (Lipinski definition) is 5. The Balaban J connectivity index is 1.83. The molecule has 0 radical (unpaired) electrons. The Morgan fingerprint density at radius 1 is 0.967 bits per heavy atom. The summed E-state index contributed by atoms with van der Waals surface area (Å²) in [6, 6.07) is 0. The first-order valence-electron chi connectivity index (χ1n) is 11.0. The fraction of sp³-hybridized carbons (Fsp3) is 0.818. The van der Waals surface area contributed by atoms with Gasteiger partial charge in [0.25, 0.3) is 0 Å². The number of rotatable bonds is 5. The predicted octanol–water partition coefficient (Wildman–Crippen LogP) is 1.53. The van der Waals surface area contributed by atoms with Gasteiger partial charge in [-0.2, -0.15) is 0 Å². The lowest BCUT2D eigenvalue weighted by Crippen LogP contribution is -2.49. The van der Waals surface area contributed by atoms with Gasteiger partial charge in [0.05, 0.1) is 19.1 Å². The van der Waals surface area contributed by atoms with Crippen LogP contribution in [0.4, 0.5) is 0 Å². The lowest BCUT2D eigenvalue weighted by molar-refractivity contribution is -0.152. The first kappa shape index (κ1) is 24.2. The predicted molar refractivity (Wildman–Crippen MR) is 112 cm³/mol. The van der Waals surface area contributed by atoms with E-state index in [0.717, 1.165) is 12.8 Å². The number of likely N-dealkylation sites (tertiary alicyclic amines) is 2. The zero-order valence-electron chi connectivity index (χ0n) is 19.1. The Morgan fingerprint density at radius 3 is 2.17 bits per heavy atom. The second-order valence-electron chi connectivity index (χ2n) is 9.44. The molecular formula is C22H37N3O5. The average molecular weight is 424 g/mol. The minimum atomic E-state index is -0.421. The Labute approximate surface area is 179 Å². The van der Waals surface area contributed by atoms with E-state index < -0.39 is 5.41 Å². The molecule has 0 aromatic heterocycles. The van der Waals surface area contributed by atoms with Crippen LogP contribution in [0.1, 0.15) is 53.4 Å². The maximum atomic E-state index is 12.8. The highest BCUT2D eigenvalue weighted by atomic mass is 16.5. The maximum absolute atomic E-state index is 12.8. The number of nitrogens with zero attached hydrogens (tertiary/aromatic N) is 3. The van der Waals surface area contributed by atoms with E-state index in [0.29, 0.717) is 45.6 Å². The lowest BCUT2D eigenvalue weighted by Gasteiger charge is -2.37. The summed E-state index contributed by atoms with van der Waals surface area (Å²) in [5, 5.41) is 0. The summed E-state index contributed by atoms with van der Waals surface area (Å²) < 4.78 is 5.09. The van der Waals surface area contributed by atoms with Crippen molar-refractivity contribution in [2.24, 2.45) is 17.3 Å². The highest BCUT2D eigenvalue weighted by Crippen LogP contribution is 2.25. The largest absolute Gasteiger partial charge is 0.466 e. The SMILES string of the molecule is CCOC(=O)C1CCCN(C(=O)CN(C)C(=O)C2CCN(C(=O)C(C)(C)C)CC2)C1. The van der Waals surface area contributed by atoms with Crippen molar-refractivity contribution >= 4 is 23.7 Å². The van der Waals surface area contributed by atoms with Gasteiger partial charge in [0, 0.05) is 44.6 Å². The molecule has 3 amide bonds. The van der Waals surface area contributed by atoms with Gasteiger partial charge in [-0.1, -0.05) is 20.8 Å². The molecular weight excluding hydrogens is 386 g/mol. The summed E-state index contributed by atoms with van der Waals surface area (Å²) in [5.41, 5.74) is -0.421. The Hall–Kier alpha value is -2.12. The molecule has 0 bridgehead atoms. The number of amides is 3. The van der Waals surface area contributed by atoms with Gasteiger partial charge in [0.15, 0.2) is 0 Å². The van der Waals surface area contributed by atoms with Crippen molar-refractivity contribution in [3.8, 4) is 0 Å². The number of carbonyl (C=O) groups excluding carboxylic acids is 4. The number of carbonyl (C=O) groups is 4. The van der Waals surface area contributed by atoms with Crippen LogP contribution in [0.3, 0.4) is 0 Å². The molecule has 2 saturated heterocycles. The van der Waals surface area contributed by atoms with E-state index in [4.69, 9.17) is 4.74 Å². The molecule has 0 aromatic rings. The minimum Gasteiger partial charge on any atom is -0.466 e. The molecule has 2 aliphatic heterocycles. The third-order valence-electron chi connectivity index (χ3n) is 5.92. The van der Waals surface area contributed by atoms with Crippen LogP contribution < -0.4 is 0 Å². The standard InChI is InChI=1S/C22H37N3O5/c1-6-30-20(28)17-8-7-11-25(14-17)18(26)15-23(5)19(27)16-9-12-24(13-10-16)21(29)22(2,3)4/h16-17H,6-15H2,1-5H3. The van der Waals surface area contributed by atoms with E-state index in [-0.39, 0.29) is 42.1 Å².